The summed E-state index contributed by atoms with van der Waals surface area (Å²) in [5.41, 5.74) is 0.0511. The Balaban J connectivity index is 1.95. The normalized spacial score (nSPS) is 14.5. The van der Waals surface area contributed by atoms with Gasteiger partial charge in [0.05, 0.1) is 34.5 Å². The average molecular weight is 458 g/mol. The first kappa shape index (κ1) is 22.0. The van der Waals surface area contributed by atoms with Crippen LogP contribution in [0.2, 0.25) is 0 Å². The number of rotatable bonds is 6. The Hall–Kier alpha value is -2.66. The van der Waals surface area contributed by atoms with Crippen molar-refractivity contribution in [3.8, 4) is 0 Å². The lowest BCUT2D eigenvalue weighted by atomic mass is 10.2. The predicted octanol–water partition coefficient (Wildman–Crippen LogP) is 4.09. The summed E-state index contributed by atoms with van der Waals surface area (Å²) >= 11 is 1.47. The molecule has 2 N–H and O–H groups in total. The highest BCUT2D eigenvalue weighted by atomic mass is 32.2. The molecule has 1 aliphatic rings. The maximum atomic E-state index is 13.3. The van der Waals surface area contributed by atoms with Gasteiger partial charge in [-0.25, -0.2) is 13.2 Å². The molecule has 0 aliphatic carbocycles. The number of sulfonamides is 1. The van der Waals surface area contributed by atoms with Gasteiger partial charge in [-0.1, -0.05) is 24.3 Å². The van der Waals surface area contributed by atoms with Crippen molar-refractivity contribution in [2.24, 2.45) is 0 Å². The van der Waals surface area contributed by atoms with E-state index in [9.17, 15) is 26.4 Å². The van der Waals surface area contributed by atoms with Gasteiger partial charge in [0.2, 0.25) is 0 Å². The molecule has 0 atom stereocenters. The molecule has 6 nitrogen and oxygen atoms in total. The van der Waals surface area contributed by atoms with Gasteiger partial charge in [0, 0.05) is 17.2 Å². The molecule has 2 aromatic rings. The van der Waals surface area contributed by atoms with E-state index in [1.807, 2.05) is 0 Å². The Bertz CT molecular complexity index is 1100. The van der Waals surface area contributed by atoms with Crippen molar-refractivity contribution in [2.45, 2.75) is 11.1 Å². The molecule has 1 heterocycles. The lowest BCUT2D eigenvalue weighted by Gasteiger charge is -2.17. The zero-order valence-electron chi connectivity index (χ0n) is 15.6. The highest BCUT2D eigenvalue weighted by Gasteiger charge is 2.37. The van der Waals surface area contributed by atoms with Crippen molar-refractivity contribution in [1.82, 2.24) is 0 Å². The highest BCUT2D eigenvalue weighted by molar-refractivity contribution is 8.00. The molecule has 0 aromatic heterocycles. The second-order valence-corrected chi connectivity index (χ2v) is 8.85. The van der Waals surface area contributed by atoms with Crippen molar-refractivity contribution in [1.29, 1.82) is 0 Å². The third-order valence-electron chi connectivity index (χ3n) is 4.23. The van der Waals surface area contributed by atoms with Gasteiger partial charge < -0.3 is 10.1 Å². The first-order valence-electron chi connectivity index (χ1n) is 8.56. The van der Waals surface area contributed by atoms with Gasteiger partial charge in [-0.3, -0.25) is 4.72 Å². The lowest BCUT2D eigenvalue weighted by molar-refractivity contribution is -0.140. The summed E-state index contributed by atoms with van der Waals surface area (Å²) in [5, 5.41) is 3.00. The fourth-order valence-electron chi connectivity index (χ4n) is 2.82. The van der Waals surface area contributed by atoms with E-state index in [0.29, 0.717) is 34.5 Å². The average Bonchev–Trinajstić information content (AvgIpc) is 3.16. The van der Waals surface area contributed by atoms with Crippen LogP contribution in [-0.2, 0) is 25.7 Å². The van der Waals surface area contributed by atoms with Crippen LogP contribution in [0.25, 0.3) is 0 Å². The number of hydrogen-bond donors (Lipinski definition) is 2. The molecule has 0 amide bonds. The van der Waals surface area contributed by atoms with Crippen molar-refractivity contribution in [3.63, 3.8) is 0 Å². The van der Waals surface area contributed by atoms with E-state index < -0.39 is 32.6 Å². The van der Waals surface area contributed by atoms with Crippen LogP contribution in [0.5, 0.6) is 0 Å². The first-order valence-corrected chi connectivity index (χ1v) is 11.2. The van der Waals surface area contributed by atoms with E-state index in [0.717, 1.165) is 12.1 Å². The highest BCUT2D eigenvalue weighted by Crippen LogP contribution is 2.36. The molecule has 0 saturated carbocycles. The second kappa shape index (κ2) is 8.60. The van der Waals surface area contributed by atoms with Gasteiger partial charge in [-0.2, -0.15) is 24.9 Å². The van der Waals surface area contributed by atoms with E-state index in [-0.39, 0.29) is 5.69 Å². The van der Waals surface area contributed by atoms with Crippen molar-refractivity contribution < 1.29 is 31.1 Å². The molecule has 0 radical (unpaired) electrons. The molecule has 2 aromatic carbocycles. The molecule has 0 fully saturated rings. The number of thioether (sulfide) groups is 1. The van der Waals surface area contributed by atoms with E-state index in [4.69, 9.17) is 4.74 Å². The third kappa shape index (κ3) is 4.73. The number of alkyl halides is 3. The summed E-state index contributed by atoms with van der Waals surface area (Å²) in [6, 6.07) is 10.1. The van der Waals surface area contributed by atoms with Gasteiger partial charge in [-0.05, 0) is 24.3 Å². The van der Waals surface area contributed by atoms with Crippen LogP contribution in [0.1, 0.15) is 5.56 Å². The molecule has 160 valence electrons. The van der Waals surface area contributed by atoms with Crippen LogP contribution in [-0.4, -0.2) is 33.0 Å². The van der Waals surface area contributed by atoms with E-state index >= 15 is 0 Å². The van der Waals surface area contributed by atoms with E-state index in [1.165, 1.54) is 37.1 Å². The largest absolute Gasteiger partial charge is 0.466 e. The van der Waals surface area contributed by atoms with Gasteiger partial charge in [0.25, 0.3) is 10.0 Å². The number of anilines is 2. The summed E-state index contributed by atoms with van der Waals surface area (Å²) in [5.74, 6) is 0.407. The predicted molar refractivity (Wildman–Crippen MR) is 109 cm³/mol. The number of nitrogens with one attached hydrogen (secondary N) is 2. The van der Waals surface area contributed by atoms with Crippen molar-refractivity contribution in [2.75, 3.05) is 28.7 Å². The van der Waals surface area contributed by atoms with Crippen LogP contribution in [0.4, 0.5) is 24.5 Å². The van der Waals surface area contributed by atoms with Gasteiger partial charge >= 0.3 is 12.1 Å². The zero-order chi connectivity index (χ0) is 21.9. The van der Waals surface area contributed by atoms with Gasteiger partial charge in [-0.15, -0.1) is 0 Å². The number of carbonyl (C=O) groups is 1. The number of esters is 1. The lowest BCUT2D eigenvalue weighted by Crippen LogP contribution is -2.19. The van der Waals surface area contributed by atoms with Crippen LogP contribution in [0.15, 0.2) is 64.7 Å². The van der Waals surface area contributed by atoms with Crippen LogP contribution in [0, 0.1) is 0 Å². The first-order chi connectivity index (χ1) is 14.1. The summed E-state index contributed by atoms with van der Waals surface area (Å²) < 4.78 is 72.2. The number of carbonyl (C=O) groups excluding carboxylic acids is 1. The Morgan fingerprint density at radius 3 is 2.33 bits per heavy atom. The fourth-order valence-corrected chi connectivity index (χ4v) is 5.18. The monoisotopic (exact) mass is 458 g/mol. The molecule has 0 spiro atoms. The standard InChI is InChI=1S/C19H17F3N2O4S2/c1-28-18(25)12-10-29-11-16(12)23-14-7-3-4-8-15(14)24-30(26,27)17-9-5-2-6-13(17)19(20,21)22/h2-9,23-24H,10-11H2,1H3. The molecular weight excluding hydrogens is 441 g/mol. The SMILES string of the molecule is COC(=O)C1=C(Nc2ccccc2NS(=O)(=O)c2ccccc2C(F)(F)F)CSC1. The zero-order valence-corrected chi connectivity index (χ0v) is 17.2. The smallest absolute Gasteiger partial charge is 0.417 e. The topological polar surface area (TPSA) is 84.5 Å². The summed E-state index contributed by atoms with van der Waals surface area (Å²) in [4.78, 5) is 11.0. The molecule has 0 saturated heterocycles. The maximum Gasteiger partial charge on any atom is 0.417 e. The van der Waals surface area contributed by atoms with E-state index in [2.05, 4.69) is 10.0 Å². The fraction of sp³-hybridized carbons (Fsp3) is 0.211. The van der Waals surface area contributed by atoms with Crippen LogP contribution >= 0.6 is 11.8 Å². The number of benzene rings is 2. The Kier molecular flexibility index (Phi) is 6.32. The van der Waals surface area contributed by atoms with Gasteiger partial charge in [0.15, 0.2) is 0 Å². The minimum absolute atomic E-state index is 0.0445. The molecular formula is C19H17F3N2O4S2. The molecule has 30 heavy (non-hydrogen) atoms. The number of para-hydroxylation sites is 2. The quantitative estimate of drug-likeness (QED) is 0.635. The second-order valence-electron chi connectivity index (χ2n) is 6.21. The summed E-state index contributed by atoms with van der Waals surface area (Å²) in [7, 11) is -3.28. The van der Waals surface area contributed by atoms with Crippen molar-refractivity contribution >= 4 is 39.1 Å². The number of halogens is 3. The molecule has 11 heteroatoms. The van der Waals surface area contributed by atoms with Crippen LogP contribution < -0.4 is 10.0 Å². The van der Waals surface area contributed by atoms with Crippen LogP contribution in [0.3, 0.4) is 0 Å². The Labute approximate surface area is 175 Å². The molecule has 3 rings (SSSR count). The number of ether oxygens (including phenoxy) is 1. The number of hydrogen-bond acceptors (Lipinski definition) is 6. The third-order valence-corrected chi connectivity index (χ3v) is 6.64. The Morgan fingerprint density at radius 1 is 1.03 bits per heavy atom. The summed E-state index contributed by atoms with van der Waals surface area (Å²) in [6.07, 6.45) is -4.83. The Morgan fingerprint density at radius 2 is 1.67 bits per heavy atom. The van der Waals surface area contributed by atoms with Crippen molar-refractivity contribution in [3.05, 3.63) is 65.4 Å². The van der Waals surface area contributed by atoms with Gasteiger partial charge in [0.1, 0.15) is 0 Å². The number of methoxy groups -OCH3 is 1. The maximum absolute atomic E-state index is 13.3. The molecule has 0 bridgehead atoms. The minimum atomic E-state index is -4.83. The minimum Gasteiger partial charge on any atom is -0.466 e. The molecule has 0 unspecified atom stereocenters. The molecule has 1 aliphatic heterocycles. The van der Waals surface area contributed by atoms with E-state index in [1.54, 1.807) is 12.1 Å². The summed E-state index contributed by atoms with van der Waals surface area (Å²) in [6.45, 7) is 0.